The van der Waals surface area contributed by atoms with Crippen LogP contribution in [0.2, 0.25) is 0 Å². The van der Waals surface area contributed by atoms with Crippen LogP contribution in [0.5, 0.6) is 5.88 Å². The number of pyridine rings is 1. The molecule has 1 aromatic rings. The van der Waals surface area contributed by atoms with Crippen molar-refractivity contribution in [3.63, 3.8) is 0 Å². The number of amides is 2. The van der Waals surface area contributed by atoms with Crippen LogP contribution in [0.1, 0.15) is 42.5 Å². The first kappa shape index (κ1) is 17.9. The molecule has 4 atom stereocenters. The van der Waals surface area contributed by atoms with Crippen molar-refractivity contribution in [1.29, 1.82) is 0 Å². The summed E-state index contributed by atoms with van der Waals surface area (Å²) in [5.74, 6) is 1.49. The van der Waals surface area contributed by atoms with Crippen LogP contribution in [-0.4, -0.2) is 60.1 Å². The Labute approximate surface area is 164 Å². The van der Waals surface area contributed by atoms with Crippen LogP contribution < -0.4 is 10.1 Å². The number of rotatable bonds is 5. The summed E-state index contributed by atoms with van der Waals surface area (Å²) < 4.78 is 11.4. The third-order valence-electron chi connectivity index (χ3n) is 7.26. The van der Waals surface area contributed by atoms with E-state index < -0.39 is 0 Å². The summed E-state index contributed by atoms with van der Waals surface area (Å²) in [5.41, 5.74) is 0.342. The molecule has 1 spiro atoms. The van der Waals surface area contributed by atoms with Crippen LogP contribution >= 0.6 is 0 Å². The number of carbonyl (C=O) groups excluding carboxylic acids is 2. The van der Waals surface area contributed by atoms with Gasteiger partial charge in [0.1, 0.15) is 0 Å². The Morgan fingerprint density at radius 2 is 2.21 bits per heavy atom. The number of methoxy groups -OCH3 is 1. The number of fused-ring (bicyclic) bond motifs is 1. The van der Waals surface area contributed by atoms with E-state index in [1.54, 1.807) is 19.2 Å². The standard InChI is InChI=1S/C21H27N3O4/c1-27-18-6-5-14(9-22-18)19(25)23-10-15-16-11-24(20(26)13-3-2-4-13)12-21(16)8-7-17(15)28-21/h5-6,9,13,15-17H,2-4,7-8,10-12H2,1H3,(H,23,25)/t15-,16+,17+,21+/m0/s1. The third kappa shape index (κ3) is 2.79. The molecule has 150 valence electrons. The van der Waals surface area contributed by atoms with Crippen LogP contribution in [-0.2, 0) is 9.53 Å². The lowest BCUT2D eigenvalue weighted by Crippen LogP contribution is -2.41. The van der Waals surface area contributed by atoms with E-state index in [1.165, 1.54) is 12.6 Å². The molecule has 1 aromatic heterocycles. The van der Waals surface area contributed by atoms with E-state index in [1.807, 2.05) is 4.90 Å². The van der Waals surface area contributed by atoms with Crippen LogP contribution in [0, 0.1) is 17.8 Å². The van der Waals surface area contributed by atoms with E-state index in [9.17, 15) is 9.59 Å². The first-order valence-corrected chi connectivity index (χ1v) is 10.3. The highest BCUT2D eigenvalue weighted by atomic mass is 16.5. The summed E-state index contributed by atoms with van der Waals surface area (Å²) in [6, 6.07) is 3.40. The van der Waals surface area contributed by atoms with Gasteiger partial charge >= 0.3 is 0 Å². The molecule has 7 heteroatoms. The molecule has 3 aliphatic heterocycles. The highest BCUT2D eigenvalue weighted by Crippen LogP contribution is 2.55. The molecule has 28 heavy (non-hydrogen) atoms. The normalized spacial score (nSPS) is 33.5. The smallest absolute Gasteiger partial charge is 0.252 e. The first-order valence-electron chi connectivity index (χ1n) is 10.3. The molecule has 3 saturated heterocycles. The van der Waals surface area contributed by atoms with Crippen LogP contribution in [0.15, 0.2) is 18.3 Å². The maximum Gasteiger partial charge on any atom is 0.252 e. The third-order valence-corrected chi connectivity index (χ3v) is 7.26. The lowest BCUT2D eigenvalue weighted by atomic mass is 9.73. The number of nitrogens with zero attached hydrogens (tertiary/aromatic N) is 2. The highest BCUT2D eigenvalue weighted by molar-refractivity contribution is 5.93. The molecule has 5 rings (SSSR count). The van der Waals surface area contributed by atoms with Gasteiger partial charge in [0.25, 0.3) is 5.91 Å². The Hall–Kier alpha value is -2.15. The summed E-state index contributed by atoms with van der Waals surface area (Å²) in [6.07, 6.45) is 7.02. The van der Waals surface area contributed by atoms with Gasteiger partial charge in [-0.05, 0) is 31.7 Å². The number of ether oxygens (including phenoxy) is 2. The van der Waals surface area contributed by atoms with Crippen molar-refractivity contribution in [3.05, 3.63) is 23.9 Å². The van der Waals surface area contributed by atoms with Gasteiger partial charge in [0.15, 0.2) is 0 Å². The topological polar surface area (TPSA) is 80.8 Å². The van der Waals surface area contributed by atoms with E-state index in [-0.39, 0.29) is 29.4 Å². The summed E-state index contributed by atoms with van der Waals surface area (Å²) in [7, 11) is 1.55. The molecule has 1 saturated carbocycles. The van der Waals surface area contributed by atoms with E-state index in [0.29, 0.717) is 29.8 Å². The predicted molar refractivity (Wildman–Crippen MR) is 101 cm³/mol. The molecule has 0 radical (unpaired) electrons. The van der Waals surface area contributed by atoms with Crippen molar-refractivity contribution in [2.75, 3.05) is 26.7 Å². The average Bonchev–Trinajstić information content (AvgIpc) is 3.33. The van der Waals surface area contributed by atoms with Gasteiger partial charge < -0.3 is 19.7 Å². The minimum atomic E-state index is -0.179. The summed E-state index contributed by atoms with van der Waals surface area (Å²) in [6.45, 7) is 2.08. The summed E-state index contributed by atoms with van der Waals surface area (Å²) in [4.78, 5) is 31.4. The molecule has 0 aromatic carbocycles. The van der Waals surface area contributed by atoms with Crippen LogP contribution in [0.4, 0.5) is 0 Å². The number of nitrogens with one attached hydrogen (secondary N) is 1. The molecule has 7 nitrogen and oxygen atoms in total. The highest BCUT2D eigenvalue weighted by Gasteiger charge is 2.63. The van der Waals surface area contributed by atoms with E-state index in [2.05, 4.69) is 10.3 Å². The molecule has 1 aliphatic carbocycles. The van der Waals surface area contributed by atoms with Crippen molar-refractivity contribution >= 4 is 11.8 Å². The maximum atomic E-state index is 12.7. The van der Waals surface area contributed by atoms with Gasteiger partial charge in [-0.25, -0.2) is 4.98 Å². The number of hydrogen-bond acceptors (Lipinski definition) is 5. The van der Waals surface area contributed by atoms with Gasteiger partial charge in [-0.2, -0.15) is 0 Å². The van der Waals surface area contributed by atoms with Crippen molar-refractivity contribution in [3.8, 4) is 5.88 Å². The van der Waals surface area contributed by atoms with Crippen molar-refractivity contribution in [2.24, 2.45) is 17.8 Å². The molecule has 2 bridgehead atoms. The lowest BCUT2D eigenvalue weighted by molar-refractivity contribution is -0.138. The number of hydrogen-bond donors (Lipinski definition) is 1. The lowest BCUT2D eigenvalue weighted by Gasteiger charge is -2.30. The molecule has 2 amide bonds. The second-order valence-electron chi connectivity index (χ2n) is 8.68. The van der Waals surface area contributed by atoms with Gasteiger partial charge in [0.05, 0.1) is 30.9 Å². The van der Waals surface area contributed by atoms with Gasteiger partial charge in [0, 0.05) is 43.1 Å². The Morgan fingerprint density at radius 3 is 2.89 bits per heavy atom. The Morgan fingerprint density at radius 1 is 1.36 bits per heavy atom. The molecule has 1 N–H and O–H groups in total. The van der Waals surface area contributed by atoms with Crippen LogP contribution in [0.25, 0.3) is 0 Å². The largest absolute Gasteiger partial charge is 0.481 e. The minimum Gasteiger partial charge on any atom is -0.481 e. The zero-order valence-electron chi connectivity index (χ0n) is 16.2. The first-order chi connectivity index (χ1) is 13.6. The minimum absolute atomic E-state index is 0.132. The second-order valence-corrected chi connectivity index (χ2v) is 8.68. The fraction of sp³-hybridized carbons (Fsp3) is 0.667. The summed E-state index contributed by atoms with van der Waals surface area (Å²) >= 11 is 0. The van der Waals surface area contributed by atoms with E-state index >= 15 is 0 Å². The molecule has 4 heterocycles. The van der Waals surface area contributed by atoms with Crippen molar-refractivity contribution in [1.82, 2.24) is 15.2 Å². The summed E-state index contributed by atoms with van der Waals surface area (Å²) in [5, 5.41) is 3.06. The molecule has 4 fully saturated rings. The fourth-order valence-electron chi connectivity index (χ4n) is 5.49. The zero-order chi connectivity index (χ0) is 19.3. The van der Waals surface area contributed by atoms with Gasteiger partial charge in [-0.15, -0.1) is 0 Å². The second kappa shape index (κ2) is 6.72. The van der Waals surface area contributed by atoms with Crippen LogP contribution in [0.3, 0.4) is 0 Å². The SMILES string of the molecule is COc1ccc(C(=O)NC[C@H]2[C@H]3CN(C(=O)C4CCC4)C[C@]34CC[C@H]2O4)cn1. The maximum absolute atomic E-state index is 12.7. The van der Waals surface area contributed by atoms with E-state index in [0.717, 1.165) is 38.8 Å². The Kier molecular flexibility index (Phi) is 4.30. The molecule has 4 aliphatic rings. The van der Waals surface area contributed by atoms with Crippen molar-refractivity contribution < 1.29 is 19.1 Å². The molecular weight excluding hydrogens is 358 g/mol. The quantitative estimate of drug-likeness (QED) is 0.833. The monoisotopic (exact) mass is 385 g/mol. The van der Waals surface area contributed by atoms with Gasteiger partial charge in [0.2, 0.25) is 11.8 Å². The molecular formula is C21H27N3O4. The predicted octanol–water partition coefficient (Wildman–Crippen LogP) is 1.63. The number of aromatic nitrogens is 1. The molecule has 0 unspecified atom stereocenters. The number of likely N-dealkylation sites (tertiary alicyclic amines) is 1. The van der Waals surface area contributed by atoms with E-state index in [4.69, 9.17) is 9.47 Å². The Bertz CT molecular complexity index is 778. The van der Waals surface area contributed by atoms with Gasteiger partial charge in [-0.3, -0.25) is 9.59 Å². The fourth-order valence-corrected chi connectivity index (χ4v) is 5.49. The van der Waals surface area contributed by atoms with Gasteiger partial charge in [-0.1, -0.05) is 6.42 Å². The zero-order valence-corrected chi connectivity index (χ0v) is 16.2. The average molecular weight is 385 g/mol. The number of carbonyl (C=O) groups is 2. The van der Waals surface area contributed by atoms with Crippen molar-refractivity contribution in [2.45, 2.75) is 43.8 Å². The Balaban J connectivity index is 1.23.